The van der Waals surface area contributed by atoms with Gasteiger partial charge in [0.15, 0.2) is 5.82 Å². The predicted octanol–water partition coefficient (Wildman–Crippen LogP) is 0.807. The van der Waals surface area contributed by atoms with Gasteiger partial charge in [0.1, 0.15) is 0 Å². The summed E-state index contributed by atoms with van der Waals surface area (Å²) in [6.07, 6.45) is 1.05. The van der Waals surface area contributed by atoms with Gasteiger partial charge in [-0.1, -0.05) is 0 Å². The lowest BCUT2D eigenvalue weighted by Gasteiger charge is -2.26. The maximum Gasteiger partial charge on any atom is 0.215 e. The number of morpholine rings is 1. The van der Waals surface area contributed by atoms with Crippen LogP contribution in [0.15, 0.2) is 12.1 Å². The average Bonchev–Trinajstić information content (AvgIpc) is 2.46. The number of nitrogen functional groups attached to an aromatic ring is 1. The number of pyridine rings is 1. The van der Waals surface area contributed by atoms with E-state index in [0.717, 1.165) is 45.8 Å². The van der Waals surface area contributed by atoms with Crippen molar-refractivity contribution in [3.63, 3.8) is 0 Å². The van der Waals surface area contributed by atoms with Crippen LogP contribution in [0, 0.1) is 0 Å². The van der Waals surface area contributed by atoms with E-state index in [1.54, 1.807) is 19.2 Å². The Bertz CT molecular complexity index is 394. The van der Waals surface area contributed by atoms with Crippen LogP contribution in [0.3, 0.4) is 0 Å². The third-order valence-corrected chi connectivity index (χ3v) is 3.16. The molecule has 1 saturated heterocycles. The van der Waals surface area contributed by atoms with Crippen LogP contribution in [-0.2, 0) is 4.74 Å². The summed E-state index contributed by atoms with van der Waals surface area (Å²) in [5.41, 5.74) is 6.51. The van der Waals surface area contributed by atoms with Gasteiger partial charge < -0.3 is 20.5 Å². The highest BCUT2D eigenvalue weighted by Crippen LogP contribution is 2.19. The van der Waals surface area contributed by atoms with Gasteiger partial charge in [-0.25, -0.2) is 0 Å². The maximum absolute atomic E-state index is 5.86. The fourth-order valence-electron chi connectivity index (χ4n) is 2.04. The van der Waals surface area contributed by atoms with Crippen LogP contribution in [0.2, 0.25) is 0 Å². The molecule has 6 heteroatoms. The van der Waals surface area contributed by atoms with E-state index in [1.807, 2.05) is 0 Å². The number of nitrogens with two attached hydrogens (primary N) is 1. The summed E-state index contributed by atoms with van der Waals surface area (Å²) in [6, 6.07) is 3.56. The number of nitrogens with zero attached hydrogens (tertiary/aromatic N) is 2. The van der Waals surface area contributed by atoms with Crippen molar-refractivity contribution >= 4 is 11.5 Å². The Morgan fingerprint density at radius 3 is 2.95 bits per heavy atom. The molecule has 2 heterocycles. The second-order valence-electron chi connectivity index (χ2n) is 4.53. The van der Waals surface area contributed by atoms with Gasteiger partial charge in [-0.05, 0) is 19.0 Å². The number of nitrogens with one attached hydrogen (secondary N) is 1. The largest absolute Gasteiger partial charge is 0.481 e. The van der Waals surface area contributed by atoms with Crippen molar-refractivity contribution in [2.45, 2.75) is 6.42 Å². The quantitative estimate of drug-likeness (QED) is 0.742. The Balaban J connectivity index is 1.72. The molecule has 0 radical (unpaired) electrons. The van der Waals surface area contributed by atoms with Gasteiger partial charge in [-0.2, -0.15) is 4.98 Å². The summed E-state index contributed by atoms with van der Waals surface area (Å²) in [5, 5.41) is 3.25. The standard InChI is InChI=1S/C13H22N4O2/c1-18-12-4-3-11(14)13(16-12)15-5-2-6-17-7-9-19-10-8-17/h3-4H,2,5-10,14H2,1H3,(H,15,16). The fourth-order valence-corrected chi connectivity index (χ4v) is 2.04. The molecule has 1 aliphatic rings. The van der Waals surface area contributed by atoms with Gasteiger partial charge >= 0.3 is 0 Å². The summed E-state index contributed by atoms with van der Waals surface area (Å²) < 4.78 is 10.4. The molecule has 1 aliphatic heterocycles. The molecule has 1 aromatic heterocycles. The first-order valence-corrected chi connectivity index (χ1v) is 6.64. The number of anilines is 2. The molecular weight excluding hydrogens is 244 g/mol. The highest BCUT2D eigenvalue weighted by molar-refractivity contribution is 5.61. The summed E-state index contributed by atoms with van der Waals surface area (Å²) >= 11 is 0. The number of hydrogen-bond donors (Lipinski definition) is 2. The maximum atomic E-state index is 5.86. The second-order valence-corrected chi connectivity index (χ2v) is 4.53. The lowest BCUT2D eigenvalue weighted by molar-refractivity contribution is 0.0378. The average molecular weight is 266 g/mol. The minimum Gasteiger partial charge on any atom is -0.481 e. The van der Waals surface area contributed by atoms with E-state index in [-0.39, 0.29) is 0 Å². The van der Waals surface area contributed by atoms with E-state index >= 15 is 0 Å². The predicted molar refractivity (Wildman–Crippen MR) is 75.6 cm³/mol. The van der Waals surface area contributed by atoms with E-state index in [9.17, 15) is 0 Å². The molecular formula is C13H22N4O2. The number of ether oxygens (including phenoxy) is 2. The lowest BCUT2D eigenvalue weighted by atomic mass is 10.3. The molecule has 0 aliphatic carbocycles. The normalized spacial score (nSPS) is 16.3. The number of aromatic nitrogens is 1. The van der Waals surface area contributed by atoms with E-state index in [4.69, 9.17) is 15.2 Å². The Hall–Kier alpha value is -1.53. The third-order valence-electron chi connectivity index (χ3n) is 3.16. The number of hydrogen-bond acceptors (Lipinski definition) is 6. The molecule has 1 aromatic rings. The SMILES string of the molecule is COc1ccc(N)c(NCCCN2CCOCC2)n1. The Morgan fingerprint density at radius 1 is 1.42 bits per heavy atom. The molecule has 0 spiro atoms. The molecule has 1 fully saturated rings. The van der Waals surface area contributed by atoms with Gasteiger partial charge in [-0.15, -0.1) is 0 Å². The van der Waals surface area contributed by atoms with Crippen LogP contribution >= 0.6 is 0 Å². The van der Waals surface area contributed by atoms with Crippen molar-refractivity contribution in [1.29, 1.82) is 0 Å². The van der Waals surface area contributed by atoms with Gasteiger partial charge in [-0.3, -0.25) is 4.90 Å². The molecule has 0 atom stereocenters. The first-order valence-electron chi connectivity index (χ1n) is 6.64. The number of rotatable bonds is 6. The van der Waals surface area contributed by atoms with Crippen molar-refractivity contribution in [1.82, 2.24) is 9.88 Å². The molecule has 2 rings (SSSR count). The van der Waals surface area contributed by atoms with Crippen molar-refractivity contribution in [3.8, 4) is 5.88 Å². The summed E-state index contributed by atoms with van der Waals surface area (Å²) in [5.74, 6) is 1.27. The van der Waals surface area contributed by atoms with Crippen LogP contribution in [-0.4, -0.2) is 56.4 Å². The molecule has 19 heavy (non-hydrogen) atoms. The van der Waals surface area contributed by atoms with Crippen LogP contribution in [0.25, 0.3) is 0 Å². The Labute approximate surface area is 113 Å². The van der Waals surface area contributed by atoms with Crippen molar-refractivity contribution < 1.29 is 9.47 Å². The van der Waals surface area contributed by atoms with Gasteiger partial charge in [0.2, 0.25) is 5.88 Å². The van der Waals surface area contributed by atoms with Crippen LogP contribution in [0.1, 0.15) is 6.42 Å². The molecule has 0 unspecified atom stereocenters. The third kappa shape index (κ3) is 4.25. The fraction of sp³-hybridized carbons (Fsp3) is 0.615. The van der Waals surface area contributed by atoms with Crippen molar-refractivity contribution in [2.24, 2.45) is 0 Å². The van der Waals surface area contributed by atoms with Gasteiger partial charge in [0.05, 0.1) is 26.0 Å². The van der Waals surface area contributed by atoms with E-state index in [1.165, 1.54) is 0 Å². The van der Waals surface area contributed by atoms with Gasteiger partial charge in [0.25, 0.3) is 0 Å². The van der Waals surface area contributed by atoms with Crippen LogP contribution in [0.4, 0.5) is 11.5 Å². The highest BCUT2D eigenvalue weighted by atomic mass is 16.5. The van der Waals surface area contributed by atoms with E-state index in [0.29, 0.717) is 17.4 Å². The monoisotopic (exact) mass is 266 g/mol. The van der Waals surface area contributed by atoms with Crippen molar-refractivity contribution in [2.75, 3.05) is 57.6 Å². The van der Waals surface area contributed by atoms with Crippen LogP contribution < -0.4 is 15.8 Å². The highest BCUT2D eigenvalue weighted by Gasteiger charge is 2.09. The van der Waals surface area contributed by atoms with Gasteiger partial charge in [0, 0.05) is 25.7 Å². The first kappa shape index (κ1) is 13.9. The topological polar surface area (TPSA) is 72.6 Å². The lowest BCUT2D eigenvalue weighted by Crippen LogP contribution is -2.37. The van der Waals surface area contributed by atoms with Crippen LogP contribution in [0.5, 0.6) is 5.88 Å². The zero-order valence-electron chi connectivity index (χ0n) is 11.4. The Morgan fingerprint density at radius 2 is 2.21 bits per heavy atom. The molecule has 0 amide bonds. The zero-order valence-corrected chi connectivity index (χ0v) is 11.4. The number of methoxy groups -OCH3 is 1. The van der Waals surface area contributed by atoms with E-state index < -0.39 is 0 Å². The smallest absolute Gasteiger partial charge is 0.215 e. The second kappa shape index (κ2) is 7.16. The summed E-state index contributed by atoms with van der Waals surface area (Å²) in [6.45, 7) is 5.66. The first-order chi connectivity index (χ1) is 9.29. The summed E-state index contributed by atoms with van der Waals surface area (Å²) in [7, 11) is 1.60. The molecule has 3 N–H and O–H groups in total. The Kier molecular flexibility index (Phi) is 5.23. The molecule has 0 saturated carbocycles. The summed E-state index contributed by atoms with van der Waals surface area (Å²) in [4.78, 5) is 6.69. The molecule has 0 aromatic carbocycles. The van der Waals surface area contributed by atoms with Crippen molar-refractivity contribution in [3.05, 3.63) is 12.1 Å². The van der Waals surface area contributed by atoms with E-state index in [2.05, 4.69) is 15.2 Å². The minimum atomic E-state index is 0.574. The molecule has 106 valence electrons. The zero-order chi connectivity index (χ0) is 13.5. The minimum absolute atomic E-state index is 0.574. The molecule has 0 bridgehead atoms. The molecule has 6 nitrogen and oxygen atoms in total.